The van der Waals surface area contributed by atoms with Crippen molar-refractivity contribution in [2.24, 2.45) is 0 Å². The van der Waals surface area contributed by atoms with Gasteiger partial charge in [0, 0.05) is 0 Å². The molecule has 0 heterocycles. The number of allylic oxidation sites excluding steroid dienone is 1. The third kappa shape index (κ3) is 2.64. The van der Waals surface area contributed by atoms with Crippen LogP contribution in [0.1, 0.15) is 6.92 Å². The van der Waals surface area contributed by atoms with Crippen molar-refractivity contribution in [2.75, 3.05) is 0 Å². The first-order valence-electron chi connectivity index (χ1n) is 1.81. The molecule has 0 aromatic heterocycles. The van der Waals surface area contributed by atoms with E-state index in [4.69, 9.17) is 0 Å². The van der Waals surface area contributed by atoms with Crippen LogP contribution >= 0.6 is 0 Å². The molecule has 0 atom stereocenters. The summed E-state index contributed by atoms with van der Waals surface area (Å²) in [4.78, 5) is 10.1. The van der Waals surface area contributed by atoms with Gasteiger partial charge >= 0.3 is 54.8 Å². The average Bonchev–Trinajstić information content (AvgIpc) is 1.36. The average molecular weight is 92.1 g/mol. The molecule has 0 aliphatic carbocycles. The summed E-state index contributed by atoms with van der Waals surface area (Å²) in [6, 6.07) is 0. The molecular weight excluding hydrogens is 87.0 g/mol. The first-order chi connectivity index (χ1) is 2.64. The molecule has 0 radical (unpaired) electrons. The predicted octanol–water partition coefficient (Wildman–Crippen LogP) is 0.258. The van der Waals surface area contributed by atoms with E-state index in [1.165, 1.54) is 0 Å². The zero-order valence-corrected chi connectivity index (χ0v) is 6.12. The van der Waals surface area contributed by atoms with Crippen LogP contribution in [-0.4, -0.2) is 31.0 Å². The number of carbonyl (C=O) groups is 1. The van der Waals surface area contributed by atoms with E-state index in [0.29, 0.717) is 33.5 Å². The Bertz CT molecular complexity index is 73.5. The number of hydrogen-bond donors (Lipinski definition) is 0. The maximum absolute atomic E-state index is 10.1. The van der Waals surface area contributed by atoms with Crippen molar-refractivity contribution >= 4 is 31.0 Å². The van der Waals surface area contributed by atoms with Crippen molar-refractivity contribution < 1.29 is 4.79 Å². The Morgan fingerprint density at radius 2 is 2.00 bits per heavy atom. The van der Waals surface area contributed by atoms with Gasteiger partial charge in [-0.2, -0.15) is 0 Å². The van der Waals surface area contributed by atoms with E-state index in [-0.39, 0.29) is 3.03 Å². The fraction of sp³-hybridized carbons (Fsp3) is 0.250. The topological polar surface area (TPSA) is 17.1 Å². The summed E-state index contributed by atoms with van der Waals surface area (Å²) in [5, 5.41) is 0. The SMILES string of the molecule is C=C(C)[C](=O)[Na]. The van der Waals surface area contributed by atoms with E-state index in [0.717, 1.165) is 0 Å². The van der Waals surface area contributed by atoms with Crippen molar-refractivity contribution in [3.05, 3.63) is 12.2 Å². The van der Waals surface area contributed by atoms with E-state index in [9.17, 15) is 4.79 Å². The molecule has 0 unspecified atom stereocenters. The van der Waals surface area contributed by atoms with Crippen LogP contribution < -0.4 is 0 Å². The Morgan fingerprint density at radius 3 is 2.00 bits per heavy atom. The second-order valence-corrected chi connectivity index (χ2v) is 2.24. The summed E-state index contributed by atoms with van der Waals surface area (Å²) in [7, 11) is 0. The van der Waals surface area contributed by atoms with Gasteiger partial charge in [0.05, 0.1) is 0 Å². The third-order valence-electron chi connectivity index (χ3n) is 0.601. The predicted molar refractivity (Wildman–Crippen MR) is 25.6 cm³/mol. The Kier molecular flexibility index (Phi) is 2.74. The van der Waals surface area contributed by atoms with Gasteiger partial charge in [0.2, 0.25) is 0 Å². The summed E-state index contributed by atoms with van der Waals surface area (Å²) in [6.45, 7) is 5.17. The van der Waals surface area contributed by atoms with E-state index >= 15 is 0 Å². The second kappa shape index (κ2) is 2.56. The van der Waals surface area contributed by atoms with Crippen LogP contribution in [0, 0.1) is 0 Å². The monoisotopic (exact) mass is 92.0 g/mol. The van der Waals surface area contributed by atoms with Crippen LogP contribution in [0.15, 0.2) is 12.2 Å². The van der Waals surface area contributed by atoms with Crippen molar-refractivity contribution in [1.82, 2.24) is 0 Å². The second-order valence-electron chi connectivity index (χ2n) is 1.34. The molecule has 1 nitrogen and oxygen atoms in total. The van der Waals surface area contributed by atoms with Gasteiger partial charge in [-0.3, -0.25) is 0 Å². The van der Waals surface area contributed by atoms with E-state index in [2.05, 4.69) is 6.58 Å². The Morgan fingerprint density at radius 1 is 1.83 bits per heavy atom. The quantitative estimate of drug-likeness (QED) is 0.335. The van der Waals surface area contributed by atoms with Crippen molar-refractivity contribution in [3.8, 4) is 0 Å². The summed E-state index contributed by atoms with van der Waals surface area (Å²) in [5.41, 5.74) is 0.682. The van der Waals surface area contributed by atoms with Gasteiger partial charge in [0.25, 0.3) is 0 Å². The maximum atomic E-state index is 10.1. The molecule has 0 amide bonds. The van der Waals surface area contributed by atoms with Gasteiger partial charge in [0.15, 0.2) is 0 Å². The molecule has 0 rings (SSSR count). The first-order valence-corrected chi connectivity index (χ1v) is 2.81. The molecule has 6 heavy (non-hydrogen) atoms. The van der Waals surface area contributed by atoms with Crippen LogP contribution in [0.25, 0.3) is 0 Å². The van der Waals surface area contributed by atoms with Gasteiger partial charge in [-0.15, -0.1) is 0 Å². The molecule has 0 bridgehead atoms. The summed E-state index contributed by atoms with van der Waals surface area (Å²) >= 11 is 0.615. The van der Waals surface area contributed by atoms with Gasteiger partial charge in [-0.1, -0.05) is 0 Å². The number of hydrogen-bond acceptors (Lipinski definition) is 1. The van der Waals surface area contributed by atoms with Gasteiger partial charge in [-0.05, 0) is 0 Å². The molecule has 0 fully saturated rings. The normalized spacial score (nSPS) is 7.83. The zero-order chi connectivity index (χ0) is 5.15. The molecule has 0 aliphatic rings. The van der Waals surface area contributed by atoms with E-state index in [1.807, 2.05) is 0 Å². The van der Waals surface area contributed by atoms with Gasteiger partial charge in [0.1, 0.15) is 0 Å². The number of rotatable bonds is 1. The zero-order valence-electron chi connectivity index (χ0n) is 4.12. The number of carbonyl (C=O) groups excluding carboxylic acids is 1. The minimum absolute atomic E-state index is 0.204. The van der Waals surface area contributed by atoms with Gasteiger partial charge in [-0.25, -0.2) is 0 Å². The Balaban J connectivity index is 3.57. The molecular formula is C4H5NaO. The fourth-order valence-electron chi connectivity index (χ4n) is 0. The molecule has 0 spiro atoms. The summed E-state index contributed by atoms with van der Waals surface area (Å²) < 4.78 is 0.204. The van der Waals surface area contributed by atoms with Crippen molar-refractivity contribution in [1.29, 1.82) is 0 Å². The molecule has 0 saturated heterocycles. The van der Waals surface area contributed by atoms with E-state index in [1.54, 1.807) is 6.92 Å². The Labute approximate surface area is 54.8 Å². The van der Waals surface area contributed by atoms with Crippen LogP contribution in [0.2, 0.25) is 0 Å². The summed E-state index contributed by atoms with van der Waals surface area (Å²) in [6.07, 6.45) is 0. The van der Waals surface area contributed by atoms with Crippen molar-refractivity contribution in [3.63, 3.8) is 0 Å². The van der Waals surface area contributed by atoms with E-state index < -0.39 is 0 Å². The van der Waals surface area contributed by atoms with Crippen LogP contribution in [-0.2, 0) is 4.79 Å². The first kappa shape index (κ1) is 6.41. The summed E-state index contributed by atoms with van der Waals surface area (Å²) in [5.74, 6) is 0. The van der Waals surface area contributed by atoms with Crippen LogP contribution in [0.3, 0.4) is 0 Å². The molecule has 0 aromatic carbocycles. The molecule has 0 N–H and O–H groups in total. The Hall–Kier alpha value is 0.410. The standard InChI is InChI=1S/C4H5O.Na/c1-4(2)3-5;/h1H2,2H3;. The van der Waals surface area contributed by atoms with Crippen molar-refractivity contribution in [2.45, 2.75) is 6.92 Å². The molecule has 2 heteroatoms. The fourth-order valence-corrected chi connectivity index (χ4v) is 0. The van der Waals surface area contributed by atoms with Gasteiger partial charge < -0.3 is 0 Å². The molecule has 0 saturated carbocycles. The molecule has 0 aliphatic heterocycles. The third-order valence-corrected chi connectivity index (χ3v) is 1.45. The molecule has 0 aromatic rings. The molecule has 28 valence electrons. The van der Waals surface area contributed by atoms with Crippen LogP contribution in [0.4, 0.5) is 0 Å². The van der Waals surface area contributed by atoms with Crippen LogP contribution in [0.5, 0.6) is 0 Å². The minimum atomic E-state index is 0.204.